The van der Waals surface area contributed by atoms with Gasteiger partial charge in [0.2, 0.25) is 0 Å². The third-order valence-electron chi connectivity index (χ3n) is 12.6. The van der Waals surface area contributed by atoms with Crippen molar-refractivity contribution in [3.63, 3.8) is 0 Å². The number of aryl methyl sites for hydroxylation is 1. The fourth-order valence-electron chi connectivity index (χ4n) is 8.89. The summed E-state index contributed by atoms with van der Waals surface area (Å²) in [5.41, 5.74) is 2.01. The van der Waals surface area contributed by atoms with Gasteiger partial charge < -0.3 is 24.8 Å². The molecule has 0 bridgehead atoms. The molecular weight excluding hydrogens is 846 g/mol. The van der Waals surface area contributed by atoms with Gasteiger partial charge in [0.05, 0.1) is 12.4 Å². The number of fused-ring (bicyclic) bond motifs is 2. The van der Waals surface area contributed by atoms with Crippen molar-refractivity contribution in [1.29, 1.82) is 0 Å². The van der Waals surface area contributed by atoms with Gasteiger partial charge in [-0.1, -0.05) is 27.3 Å². The Morgan fingerprint density at radius 1 is 0.723 bits per heavy atom. The number of aromatic amines is 2. The highest BCUT2D eigenvalue weighted by molar-refractivity contribution is 5.73. The van der Waals surface area contributed by atoms with Crippen molar-refractivity contribution in [2.45, 2.75) is 90.3 Å². The second-order valence-electron chi connectivity index (χ2n) is 17.2. The first-order valence-electron chi connectivity index (χ1n) is 21.8. The second-order valence-corrected chi connectivity index (χ2v) is 17.2. The van der Waals surface area contributed by atoms with Gasteiger partial charge in [0.25, 0.3) is 11.1 Å². The minimum absolute atomic E-state index is 0. The largest absolute Gasteiger partial charge is 0.433 e. The topological polar surface area (TPSA) is 203 Å². The van der Waals surface area contributed by atoms with E-state index in [0.29, 0.717) is 66.1 Å². The quantitative estimate of drug-likeness (QED) is 0.171. The molecule has 0 aromatic carbocycles. The van der Waals surface area contributed by atoms with E-state index in [1.54, 1.807) is 33.7 Å². The molecule has 65 heavy (non-hydrogen) atoms. The van der Waals surface area contributed by atoms with Crippen LogP contribution in [0.25, 0.3) is 11.0 Å². The number of likely N-dealkylation sites (tertiary alicyclic amines) is 1. The molecule has 4 unspecified atom stereocenters. The maximum absolute atomic E-state index is 12.8. The molecule has 0 saturated carbocycles. The highest BCUT2D eigenvalue weighted by Gasteiger charge is 2.35. The molecule has 4 aliphatic rings. The van der Waals surface area contributed by atoms with Crippen molar-refractivity contribution in [1.82, 2.24) is 59.3 Å². The SMILES string of the molecule is C.CC1CN(Cc2ccc(C(F)(F)F)nc2)CC1c1nn2c(C3CCOCC3)ncc2c(=O)[nH]1.CC1CNCC1c1nn2c(C3CCOCC3)ncc2c(=O)[nH]1.Cc1ccc(C=O)cn1. The van der Waals surface area contributed by atoms with Crippen molar-refractivity contribution in [3.8, 4) is 0 Å². The van der Waals surface area contributed by atoms with E-state index in [4.69, 9.17) is 19.7 Å². The molecule has 4 atom stereocenters. The van der Waals surface area contributed by atoms with E-state index in [9.17, 15) is 27.6 Å². The third kappa shape index (κ3) is 10.9. The third-order valence-corrected chi connectivity index (χ3v) is 12.6. The normalized spacial score (nSPS) is 21.9. The molecule has 0 spiro atoms. The predicted molar refractivity (Wildman–Crippen MR) is 235 cm³/mol. The lowest BCUT2D eigenvalue weighted by molar-refractivity contribution is -0.141. The molecule has 0 aliphatic carbocycles. The number of carbonyl (C=O) groups is 1. The molecule has 10 heterocycles. The first-order chi connectivity index (χ1) is 30.9. The summed E-state index contributed by atoms with van der Waals surface area (Å²) in [5.74, 6) is 4.50. The number of nitrogens with zero attached hydrogens (tertiary/aromatic N) is 9. The summed E-state index contributed by atoms with van der Waals surface area (Å²) in [4.78, 5) is 59.6. The maximum atomic E-state index is 12.8. The van der Waals surface area contributed by atoms with Gasteiger partial charge in [-0.25, -0.2) is 19.0 Å². The van der Waals surface area contributed by atoms with Crippen LogP contribution in [-0.4, -0.2) is 113 Å². The molecule has 3 N–H and O–H groups in total. The van der Waals surface area contributed by atoms with Gasteiger partial charge >= 0.3 is 6.18 Å². The van der Waals surface area contributed by atoms with E-state index in [1.807, 2.05) is 13.0 Å². The molecule has 4 saturated heterocycles. The van der Waals surface area contributed by atoms with E-state index >= 15 is 0 Å². The van der Waals surface area contributed by atoms with Crippen molar-refractivity contribution >= 4 is 17.3 Å². The molecule has 10 rings (SSSR count). The summed E-state index contributed by atoms with van der Waals surface area (Å²) < 4.78 is 52.6. The van der Waals surface area contributed by atoms with Gasteiger partial charge in [0.15, 0.2) is 17.3 Å². The zero-order valence-electron chi connectivity index (χ0n) is 36.1. The van der Waals surface area contributed by atoms with Crippen LogP contribution in [0.3, 0.4) is 0 Å². The van der Waals surface area contributed by atoms with E-state index in [2.05, 4.69) is 54.0 Å². The number of H-pyrrole nitrogens is 2. The Morgan fingerprint density at radius 3 is 1.78 bits per heavy atom. The van der Waals surface area contributed by atoms with Crippen LogP contribution in [0.15, 0.2) is 58.6 Å². The fraction of sp³-hybridized carbons (Fsp3) is 0.533. The molecule has 17 nitrogen and oxygen atoms in total. The van der Waals surface area contributed by atoms with Crippen LogP contribution >= 0.6 is 0 Å². The number of rotatable bonds is 7. The van der Waals surface area contributed by atoms with E-state index in [-0.39, 0.29) is 42.2 Å². The Morgan fingerprint density at radius 2 is 1.31 bits per heavy atom. The van der Waals surface area contributed by atoms with Crippen LogP contribution in [0.2, 0.25) is 0 Å². The Kier molecular flexibility index (Phi) is 15.0. The number of imidazole rings is 2. The predicted octanol–water partition coefficient (Wildman–Crippen LogP) is 5.43. The number of hydrogen-bond donors (Lipinski definition) is 3. The van der Waals surface area contributed by atoms with Crippen LogP contribution in [-0.2, 0) is 22.2 Å². The monoisotopic (exact) mass is 902 g/mol. The lowest BCUT2D eigenvalue weighted by Gasteiger charge is -2.21. The van der Waals surface area contributed by atoms with Crippen LogP contribution in [0.5, 0.6) is 0 Å². The molecule has 6 aromatic heterocycles. The zero-order valence-corrected chi connectivity index (χ0v) is 36.1. The molecule has 0 amide bonds. The summed E-state index contributed by atoms with van der Waals surface area (Å²) in [5, 5.41) is 12.9. The second kappa shape index (κ2) is 20.6. The van der Waals surface area contributed by atoms with Crippen LogP contribution in [0.4, 0.5) is 13.2 Å². The first-order valence-corrected chi connectivity index (χ1v) is 21.8. The zero-order chi connectivity index (χ0) is 45.0. The highest BCUT2D eigenvalue weighted by Crippen LogP contribution is 2.33. The van der Waals surface area contributed by atoms with Crippen molar-refractivity contribution in [2.75, 3.05) is 52.6 Å². The number of ether oxygens (including phenoxy) is 2. The smallest absolute Gasteiger partial charge is 0.381 e. The van der Waals surface area contributed by atoms with Crippen LogP contribution in [0, 0.1) is 18.8 Å². The van der Waals surface area contributed by atoms with E-state index in [0.717, 1.165) is 94.1 Å². The minimum Gasteiger partial charge on any atom is -0.381 e. The Bertz CT molecular complexity index is 2630. The van der Waals surface area contributed by atoms with Gasteiger partial charge in [-0.3, -0.25) is 29.3 Å². The van der Waals surface area contributed by atoms with Crippen LogP contribution < -0.4 is 16.4 Å². The molecule has 20 heteroatoms. The maximum Gasteiger partial charge on any atom is 0.433 e. The Balaban J connectivity index is 0.000000168. The molecule has 0 radical (unpaired) electrons. The Hall–Kier alpha value is -5.70. The van der Waals surface area contributed by atoms with Crippen molar-refractivity contribution in [3.05, 3.63) is 116 Å². The number of carbonyl (C=O) groups excluding carboxylic acids is 1. The number of hydrogen-bond acceptors (Lipinski definition) is 13. The summed E-state index contributed by atoms with van der Waals surface area (Å²) in [6.07, 6.45) is 5.94. The van der Waals surface area contributed by atoms with Gasteiger partial charge in [-0.05, 0) is 74.8 Å². The molecule has 348 valence electrons. The fourth-order valence-corrected chi connectivity index (χ4v) is 8.89. The summed E-state index contributed by atoms with van der Waals surface area (Å²) in [6.45, 7) is 12.7. The number of pyridine rings is 2. The standard InChI is InChI=1S/C22H25F3N6O2.C15H21N5O2.C7H7NO.CH4/c1-13-10-30(11-14-2-3-18(26-8-14)22(23,24)25)12-16(13)19-28-21(32)17-9-27-20(31(17)29-19)15-4-6-33-7-5-15;1-9-6-16-7-11(9)13-18-15(21)12-8-17-14(20(12)19-13)10-2-4-22-5-3-10;1-6-2-3-7(5-9)4-8-6;/h2-3,8-9,13,15-16H,4-7,10-12H2,1H3,(H,28,29,32);8-11,16H,2-7H2,1H3,(H,18,19,21);2-5H,1H3;1H4. The first kappa shape index (κ1) is 47.3. The van der Waals surface area contributed by atoms with Gasteiger partial charge in [-0.15, -0.1) is 0 Å². The summed E-state index contributed by atoms with van der Waals surface area (Å²) in [6, 6.07) is 6.03. The lowest BCUT2D eigenvalue weighted by atomic mass is 9.97. The van der Waals surface area contributed by atoms with Gasteiger partial charge in [0.1, 0.15) is 29.0 Å². The lowest BCUT2D eigenvalue weighted by Crippen LogP contribution is -2.24. The minimum atomic E-state index is -4.45. The molecule has 4 aliphatic heterocycles. The molecule has 4 fully saturated rings. The highest BCUT2D eigenvalue weighted by atomic mass is 19.4. The number of aldehydes is 1. The number of aromatic nitrogens is 10. The average molecular weight is 903 g/mol. The summed E-state index contributed by atoms with van der Waals surface area (Å²) >= 11 is 0. The van der Waals surface area contributed by atoms with E-state index < -0.39 is 11.9 Å². The van der Waals surface area contributed by atoms with Gasteiger partial charge in [-0.2, -0.15) is 23.4 Å². The van der Waals surface area contributed by atoms with Crippen molar-refractivity contribution < 1.29 is 27.4 Å². The molecule has 6 aromatic rings. The molecular formula is C45H57F3N12O5. The van der Waals surface area contributed by atoms with Gasteiger partial charge in [0, 0.05) is 99.9 Å². The van der Waals surface area contributed by atoms with Crippen LogP contribution in [0.1, 0.15) is 121 Å². The van der Waals surface area contributed by atoms with E-state index in [1.165, 1.54) is 12.3 Å². The number of nitrogens with one attached hydrogen (secondary N) is 3. The summed E-state index contributed by atoms with van der Waals surface area (Å²) in [7, 11) is 0. The number of halogens is 3. The Labute approximate surface area is 373 Å². The number of alkyl halides is 3. The van der Waals surface area contributed by atoms with Crippen molar-refractivity contribution in [2.24, 2.45) is 11.8 Å². The average Bonchev–Trinajstić information content (AvgIpc) is 4.11.